The summed E-state index contributed by atoms with van der Waals surface area (Å²) in [6.07, 6.45) is 1.16. The zero-order chi connectivity index (χ0) is 11.9. The number of rotatable bonds is 6. The van der Waals surface area contributed by atoms with E-state index >= 15 is 0 Å². The fourth-order valence-corrected chi connectivity index (χ4v) is 1.97. The van der Waals surface area contributed by atoms with Crippen LogP contribution < -0.4 is 5.32 Å². The molecule has 2 N–H and O–H groups in total. The largest absolute Gasteiger partial charge is 0.394 e. The minimum absolute atomic E-state index is 0.0678. The lowest BCUT2D eigenvalue weighted by molar-refractivity contribution is 0.00159. The summed E-state index contributed by atoms with van der Waals surface area (Å²) in [5.41, 5.74) is 2.52. The van der Waals surface area contributed by atoms with Crippen LogP contribution in [-0.2, 0) is 15.9 Å². The predicted octanol–water partition coefficient (Wildman–Crippen LogP) is 1.05. The number of hydrogen-bond donors (Lipinski definition) is 2. The van der Waals surface area contributed by atoms with Crippen molar-refractivity contribution >= 4 is 5.69 Å². The minimum atomic E-state index is 0.0678. The van der Waals surface area contributed by atoms with Crippen molar-refractivity contribution < 1.29 is 14.6 Å². The van der Waals surface area contributed by atoms with Crippen molar-refractivity contribution in [3.8, 4) is 0 Å². The molecule has 1 atom stereocenters. The van der Waals surface area contributed by atoms with E-state index in [0.717, 1.165) is 13.0 Å². The molecule has 94 valence electrons. The van der Waals surface area contributed by atoms with E-state index in [1.807, 2.05) is 12.1 Å². The average Bonchev–Trinajstić information content (AvgIpc) is 2.38. The Kier molecular flexibility index (Phi) is 4.79. The van der Waals surface area contributed by atoms with Crippen LogP contribution >= 0.6 is 0 Å². The van der Waals surface area contributed by atoms with E-state index in [1.54, 1.807) is 0 Å². The van der Waals surface area contributed by atoms with Crippen LogP contribution in [0.3, 0.4) is 0 Å². The van der Waals surface area contributed by atoms with Crippen molar-refractivity contribution in [1.82, 2.24) is 0 Å². The average molecular weight is 237 g/mol. The van der Waals surface area contributed by atoms with Gasteiger partial charge in [-0.25, -0.2) is 0 Å². The topological polar surface area (TPSA) is 50.7 Å². The highest BCUT2D eigenvalue weighted by molar-refractivity contribution is 5.53. The van der Waals surface area contributed by atoms with Crippen molar-refractivity contribution in [2.24, 2.45) is 0 Å². The Balaban J connectivity index is 1.71. The van der Waals surface area contributed by atoms with E-state index in [9.17, 15) is 0 Å². The molecule has 0 saturated heterocycles. The quantitative estimate of drug-likeness (QED) is 0.726. The summed E-state index contributed by atoms with van der Waals surface area (Å²) in [5, 5.41) is 11.9. The normalized spacial score (nSPS) is 18.5. The minimum Gasteiger partial charge on any atom is -0.394 e. The Hall–Kier alpha value is -1.10. The molecule has 0 radical (unpaired) electrons. The van der Waals surface area contributed by atoms with Crippen LogP contribution in [0.5, 0.6) is 0 Å². The number of nitrogens with one attached hydrogen (secondary N) is 1. The summed E-state index contributed by atoms with van der Waals surface area (Å²) in [4.78, 5) is 0. The summed E-state index contributed by atoms with van der Waals surface area (Å²) in [6.45, 7) is 2.41. The third kappa shape index (κ3) is 3.70. The van der Waals surface area contributed by atoms with Gasteiger partial charge in [0.1, 0.15) is 0 Å². The molecule has 17 heavy (non-hydrogen) atoms. The molecule has 4 nitrogen and oxygen atoms in total. The van der Waals surface area contributed by atoms with E-state index < -0.39 is 0 Å². The highest BCUT2D eigenvalue weighted by Gasteiger charge is 2.17. The Morgan fingerprint density at radius 2 is 2.12 bits per heavy atom. The summed E-state index contributed by atoms with van der Waals surface area (Å²) in [7, 11) is 0. The predicted molar refractivity (Wildman–Crippen MR) is 66.3 cm³/mol. The molecule has 1 heterocycles. The molecule has 2 rings (SSSR count). The summed E-state index contributed by atoms with van der Waals surface area (Å²) < 4.78 is 10.9. The van der Waals surface area contributed by atoms with Gasteiger partial charge < -0.3 is 19.9 Å². The molecular weight excluding hydrogens is 218 g/mol. The Morgan fingerprint density at radius 3 is 3.00 bits per heavy atom. The SMILES string of the molecule is OCCOCCOC1CNc2ccccc2C1. The molecule has 1 unspecified atom stereocenters. The number of para-hydroxylation sites is 1. The van der Waals surface area contributed by atoms with Crippen LogP contribution in [-0.4, -0.2) is 44.2 Å². The summed E-state index contributed by atoms with van der Waals surface area (Å²) in [5.74, 6) is 0. The maximum absolute atomic E-state index is 8.55. The molecule has 0 fully saturated rings. The van der Waals surface area contributed by atoms with E-state index in [2.05, 4.69) is 17.4 Å². The van der Waals surface area contributed by atoms with Crippen LogP contribution in [0.25, 0.3) is 0 Å². The Labute approximate surface area is 102 Å². The number of fused-ring (bicyclic) bond motifs is 1. The van der Waals surface area contributed by atoms with Gasteiger partial charge in [-0.15, -0.1) is 0 Å². The van der Waals surface area contributed by atoms with Crippen LogP contribution in [0.15, 0.2) is 24.3 Å². The highest BCUT2D eigenvalue weighted by atomic mass is 16.5. The smallest absolute Gasteiger partial charge is 0.0789 e. The third-order valence-corrected chi connectivity index (χ3v) is 2.80. The van der Waals surface area contributed by atoms with Gasteiger partial charge in [-0.05, 0) is 11.6 Å². The second-order valence-corrected chi connectivity index (χ2v) is 4.07. The van der Waals surface area contributed by atoms with Crippen LogP contribution in [0, 0.1) is 0 Å². The van der Waals surface area contributed by atoms with Gasteiger partial charge in [-0.1, -0.05) is 18.2 Å². The van der Waals surface area contributed by atoms with Crippen molar-refractivity contribution in [2.75, 3.05) is 38.3 Å². The number of hydrogen-bond acceptors (Lipinski definition) is 4. The first-order valence-electron chi connectivity index (χ1n) is 6.02. The fourth-order valence-electron chi connectivity index (χ4n) is 1.97. The maximum Gasteiger partial charge on any atom is 0.0789 e. The van der Waals surface area contributed by atoms with Gasteiger partial charge in [0.15, 0.2) is 0 Å². The van der Waals surface area contributed by atoms with Gasteiger partial charge in [0.25, 0.3) is 0 Å². The zero-order valence-corrected chi connectivity index (χ0v) is 9.89. The van der Waals surface area contributed by atoms with Gasteiger partial charge in [0, 0.05) is 18.7 Å². The Bertz CT molecular complexity index is 343. The number of anilines is 1. The molecule has 0 aromatic heterocycles. The monoisotopic (exact) mass is 237 g/mol. The fraction of sp³-hybridized carbons (Fsp3) is 0.538. The van der Waals surface area contributed by atoms with E-state index in [-0.39, 0.29) is 12.7 Å². The van der Waals surface area contributed by atoms with E-state index in [4.69, 9.17) is 14.6 Å². The van der Waals surface area contributed by atoms with E-state index in [0.29, 0.717) is 19.8 Å². The van der Waals surface area contributed by atoms with Gasteiger partial charge in [0.05, 0.1) is 32.5 Å². The molecule has 1 aromatic carbocycles. The second kappa shape index (κ2) is 6.59. The third-order valence-electron chi connectivity index (χ3n) is 2.80. The van der Waals surface area contributed by atoms with Crippen molar-refractivity contribution in [2.45, 2.75) is 12.5 Å². The van der Waals surface area contributed by atoms with Crippen molar-refractivity contribution in [1.29, 1.82) is 0 Å². The zero-order valence-electron chi connectivity index (χ0n) is 9.89. The van der Waals surface area contributed by atoms with Gasteiger partial charge in [-0.3, -0.25) is 0 Å². The molecule has 1 aliphatic rings. The first kappa shape index (κ1) is 12.4. The molecule has 1 aliphatic heterocycles. The molecule has 0 bridgehead atoms. The molecular formula is C13H19NO3. The van der Waals surface area contributed by atoms with Gasteiger partial charge >= 0.3 is 0 Å². The van der Waals surface area contributed by atoms with Crippen LogP contribution in [0.2, 0.25) is 0 Å². The second-order valence-electron chi connectivity index (χ2n) is 4.07. The number of aliphatic hydroxyl groups excluding tert-OH is 1. The number of benzene rings is 1. The van der Waals surface area contributed by atoms with Crippen molar-refractivity contribution in [3.63, 3.8) is 0 Å². The van der Waals surface area contributed by atoms with Crippen LogP contribution in [0.4, 0.5) is 5.69 Å². The van der Waals surface area contributed by atoms with Crippen molar-refractivity contribution in [3.05, 3.63) is 29.8 Å². The van der Waals surface area contributed by atoms with Crippen LogP contribution in [0.1, 0.15) is 5.56 Å². The first-order chi connectivity index (χ1) is 8.40. The summed E-state index contributed by atoms with van der Waals surface area (Å²) >= 11 is 0. The molecule has 0 spiro atoms. The maximum atomic E-state index is 8.55. The molecule has 0 amide bonds. The highest BCUT2D eigenvalue weighted by Crippen LogP contribution is 2.22. The summed E-state index contributed by atoms with van der Waals surface area (Å²) in [6, 6.07) is 8.30. The lowest BCUT2D eigenvalue weighted by Crippen LogP contribution is -2.31. The molecule has 4 heteroatoms. The van der Waals surface area contributed by atoms with Gasteiger partial charge in [-0.2, -0.15) is 0 Å². The lowest BCUT2D eigenvalue weighted by atomic mass is 10.0. The van der Waals surface area contributed by atoms with Gasteiger partial charge in [0.2, 0.25) is 0 Å². The number of aliphatic hydroxyl groups is 1. The standard InChI is InChI=1S/C13H19NO3/c15-5-6-16-7-8-17-12-9-11-3-1-2-4-13(11)14-10-12/h1-4,12,14-15H,5-10H2. The number of ether oxygens (including phenoxy) is 2. The molecule has 1 aromatic rings. The Morgan fingerprint density at radius 1 is 1.24 bits per heavy atom. The first-order valence-corrected chi connectivity index (χ1v) is 6.02. The lowest BCUT2D eigenvalue weighted by Gasteiger charge is -2.26. The molecule has 0 aliphatic carbocycles. The molecule has 0 saturated carbocycles. The van der Waals surface area contributed by atoms with E-state index in [1.165, 1.54) is 11.3 Å².